The van der Waals surface area contributed by atoms with Crippen molar-refractivity contribution in [3.8, 4) is 0 Å². The average Bonchev–Trinajstić information content (AvgIpc) is 2.18. The largest absolute Gasteiger partial charge is 0.402 e. The molecule has 2 N–H and O–H groups in total. The van der Waals surface area contributed by atoms with Gasteiger partial charge in [0.2, 0.25) is 0 Å². The van der Waals surface area contributed by atoms with Gasteiger partial charge in [0.05, 0.1) is 11.9 Å². The molecule has 0 amide bonds. The van der Waals surface area contributed by atoms with Gasteiger partial charge in [0.15, 0.2) is 0 Å². The number of anilines is 1. The van der Waals surface area contributed by atoms with Crippen molar-refractivity contribution in [2.75, 3.05) is 11.3 Å². The Bertz CT molecular complexity index is 474. The lowest BCUT2D eigenvalue weighted by Crippen LogP contribution is -2.37. The van der Waals surface area contributed by atoms with Crippen molar-refractivity contribution in [1.82, 2.24) is 9.71 Å². The predicted molar refractivity (Wildman–Crippen MR) is 58.5 cm³/mol. The van der Waals surface area contributed by atoms with Crippen LogP contribution in [-0.4, -0.2) is 26.1 Å². The van der Waals surface area contributed by atoms with Crippen molar-refractivity contribution in [3.05, 3.63) is 22.9 Å². The summed E-state index contributed by atoms with van der Waals surface area (Å²) >= 11 is 3.03. The topological polar surface area (TPSA) is 71.1 Å². The van der Waals surface area contributed by atoms with E-state index in [-0.39, 0.29) is 5.69 Å². The lowest BCUT2D eigenvalue weighted by atomic mass is 10.4. The Kier molecular flexibility index (Phi) is 4.33. The second-order valence-corrected chi connectivity index (χ2v) is 5.22. The number of alkyl halides is 3. The van der Waals surface area contributed by atoms with Crippen LogP contribution >= 0.6 is 15.9 Å². The zero-order valence-corrected chi connectivity index (χ0v) is 10.5. The average molecular weight is 334 g/mol. The fraction of sp³-hybridized carbons (Fsp3) is 0.286. The molecule has 0 spiro atoms. The second-order valence-electron chi connectivity index (χ2n) is 2.91. The molecular weight excluding hydrogens is 327 g/mol. The first-order chi connectivity index (χ1) is 7.68. The van der Waals surface area contributed by atoms with Crippen LogP contribution in [0, 0.1) is 0 Å². The predicted octanol–water partition coefficient (Wildman–Crippen LogP) is 1.65. The van der Waals surface area contributed by atoms with Crippen molar-refractivity contribution in [2.24, 2.45) is 0 Å². The summed E-state index contributed by atoms with van der Waals surface area (Å²) in [6.45, 7) is -1.63. The zero-order valence-electron chi connectivity index (χ0n) is 8.12. The zero-order chi connectivity index (χ0) is 13.1. The van der Waals surface area contributed by atoms with Crippen molar-refractivity contribution in [1.29, 1.82) is 0 Å². The van der Waals surface area contributed by atoms with E-state index in [1.807, 2.05) is 4.72 Å². The lowest BCUT2D eigenvalue weighted by molar-refractivity contribution is -0.121. The molecule has 0 saturated heterocycles. The molecule has 10 heteroatoms. The van der Waals surface area contributed by atoms with Gasteiger partial charge in [0.1, 0.15) is 11.1 Å². The fourth-order valence-electron chi connectivity index (χ4n) is 0.804. The standard InChI is InChI=1S/C7H7BrF3N3O2S/c8-6-2-1-5(3-12-6)14-17(15,16)13-4-7(9,10)11/h1-3,13-14H,4H2. The van der Waals surface area contributed by atoms with E-state index in [2.05, 4.69) is 20.9 Å². The fourth-order valence-corrected chi connectivity index (χ4v) is 1.90. The third kappa shape index (κ3) is 5.84. The van der Waals surface area contributed by atoms with Crippen LogP contribution in [0.3, 0.4) is 0 Å². The molecule has 0 fully saturated rings. The molecule has 0 aliphatic carbocycles. The third-order valence-electron chi connectivity index (χ3n) is 1.44. The number of halogens is 4. The summed E-state index contributed by atoms with van der Waals surface area (Å²) in [5.41, 5.74) is 0.0582. The molecular formula is C7H7BrF3N3O2S. The van der Waals surface area contributed by atoms with E-state index in [0.29, 0.717) is 4.60 Å². The Labute approximate surface area is 104 Å². The minimum Gasteiger partial charge on any atom is -0.270 e. The van der Waals surface area contributed by atoms with Gasteiger partial charge in [-0.05, 0) is 28.1 Å². The minimum absolute atomic E-state index is 0.0582. The number of nitrogens with one attached hydrogen (secondary N) is 2. The molecule has 1 heterocycles. The quantitative estimate of drug-likeness (QED) is 0.823. The highest BCUT2D eigenvalue weighted by molar-refractivity contribution is 9.10. The van der Waals surface area contributed by atoms with Crippen LogP contribution in [0.4, 0.5) is 18.9 Å². The van der Waals surface area contributed by atoms with Crippen LogP contribution in [-0.2, 0) is 10.2 Å². The van der Waals surface area contributed by atoms with Crippen LogP contribution in [0.2, 0.25) is 0 Å². The highest BCUT2D eigenvalue weighted by Gasteiger charge is 2.29. The molecule has 1 aromatic heterocycles. The van der Waals surface area contributed by atoms with E-state index in [0.717, 1.165) is 6.20 Å². The smallest absolute Gasteiger partial charge is 0.270 e. The third-order valence-corrected chi connectivity index (χ3v) is 2.94. The molecule has 1 aromatic rings. The summed E-state index contributed by atoms with van der Waals surface area (Å²) in [5, 5.41) is 0. The highest BCUT2D eigenvalue weighted by Crippen LogP contribution is 2.14. The molecule has 5 nitrogen and oxygen atoms in total. The second kappa shape index (κ2) is 5.19. The molecule has 0 aliphatic rings. The van der Waals surface area contributed by atoms with Gasteiger partial charge in [-0.25, -0.2) is 4.98 Å². The molecule has 0 aromatic carbocycles. The van der Waals surface area contributed by atoms with Gasteiger partial charge < -0.3 is 0 Å². The Balaban J connectivity index is 2.64. The Morgan fingerprint density at radius 2 is 2.00 bits per heavy atom. The van der Waals surface area contributed by atoms with E-state index in [9.17, 15) is 21.6 Å². The summed E-state index contributed by atoms with van der Waals surface area (Å²) in [6, 6.07) is 2.80. The number of nitrogens with zero attached hydrogens (tertiary/aromatic N) is 1. The first-order valence-electron chi connectivity index (χ1n) is 4.14. The van der Waals surface area contributed by atoms with Crippen molar-refractivity contribution < 1.29 is 21.6 Å². The summed E-state index contributed by atoms with van der Waals surface area (Å²) < 4.78 is 61.5. The number of aromatic nitrogens is 1. The van der Waals surface area contributed by atoms with E-state index >= 15 is 0 Å². The van der Waals surface area contributed by atoms with Gasteiger partial charge in [-0.2, -0.15) is 26.3 Å². The number of pyridine rings is 1. The lowest BCUT2D eigenvalue weighted by Gasteiger charge is -2.10. The van der Waals surface area contributed by atoms with E-state index < -0.39 is 22.9 Å². The Hall–Kier alpha value is -0.870. The number of rotatable bonds is 4. The normalized spacial score (nSPS) is 12.5. The molecule has 0 unspecified atom stereocenters. The number of hydrogen-bond acceptors (Lipinski definition) is 3. The summed E-state index contributed by atoms with van der Waals surface area (Å²) in [6.07, 6.45) is -3.44. The SMILES string of the molecule is O=S(=O)(NCC(F)(F)F)Nc1ccc(Br)nc1. The molecule has 0 aliphatic heterocycles. The maximum Gasteiger partial charge on any atom is 0.402 e. The maximum atomic E-state index is 11.8. The molecule has 0 atom stereocenters. The van der Waals surface area contributed by atoms with Crippen LogP contribution in [0.1, 0.15) is 0 Å². The summed E-state index contributed by atoms with van der Waals surface area (Å²) in [4.78, 5) is 3.71. The molecule has 1 rings (SSSR count). The minimum atomic E-state index is -4.60. The molecule has 0 bridgehead atoms. The molecule has 0 saturated carbocycles. The van der Waals surface area contributed by atoms with E-state index in [1.165, 1.54) is 16.9 Å². The Morgan fingerprint density at radius 3 is 2.47 bits per heavy atom. The van der Waals surface area contributed by atoms with Crippen LogP contribution in [0.25, 0.3) is 0 Å². The first-order valence-corrected chi connectivity index (χ1v) is 6.41. The van der Waals surface area contributed by atoms with E-state index in [4.69, 9.17) is 0 Å². The first kappa shape index (κ1) is 14.2. The van der Waals surface area contributed by atoms with Crippen molar-refractivity contribution >= 4 is 31.8 Å². The van der Waals surface area contributed by atoms with Gasteiger partial charge in [0.25, 0.3) is 10.2 Å². The number of hydrogen-bond donors (Lipinski definition) is 2. The van der Waals surface area contributed by atoms with Crippen LogP contribution in [0.5, 0.6) is 0 Å². The highest BCUT2D eigenvalue weighted by atomic mass is 79.9. The van der Waals surface area contributed by atoms with Crippen LogP contribution < -0.4 is 9.44 Å². The van der Waals surface area contributed by atoms with Crippen LogP contribution in [0.15, 0.2) is 22.9 Å². The van der Waals surface area contributed by atoms with Gasteiger partial charge in [-0.3, -0.25) is 4.72 Å². The summed E-state index contributed by atoms with van der Waals surface area (Å²) in [7, 11) is -4.26. The molecule has 17 heavy (non-hydrogen) atoms. The Morgan fingerprint density at radius 1 is 1.35 bits per heavy atom. The van der Waals surface area contributed by atoms with Crippen molar-refractivity contribution in [3.63, 3.8) is 0 Å². The maximum absolute atomic E-state index is 11.8. The van der Waals surface area contributed by atoms with E-state index in [1.54, 1.807) is 0 Å². The van der Waals surface area contributed by atoms with Gasteiger partial charge >= 0.3 is 6.18 Å². The molecule has 0 radical (unpaired) electrons. The molecule has 96 valence electrons. The van der Waals surface area contributed by atoms with Gasteiger partial charge in [0, 0.05) is 0 Å². The summed E-state index contributed by atoms with van der Waals surface area (Å²) in [5.74, 6) is 0. The van der Waals surface area contributed by atoms with Gasteiger partial charge in [-0.15, -0.1) is 0 Å². The van der Waals surface area contributed by atoms with Crippen molar-refractivity contribution in [2.45, 2.75) is 6.18 Å². The van der Waals surface area contributed by atoms with Gasteiger partial charge in [-0.1, -0.05) is 0 Å². The monoisotopic (exact) mass is 333 g/mol.